The van der Waals surface area contributed by atoms with Gasteiger partial charge >= 0.3 is 11.9 Å². The molecule has 5 aliphatic rings. The van der Waals surface area contributed by atoms with Crippen LogP contribution in [-0.4, -0.2) is 35.0 Å². The van der Waals surface area contributed by atoms with Crippen LogP contribution in [0.1, 0.15) is 114 Å². The Bertz CT molecular complexity index is 1740. The zero-order valence-corrected chi connectivity index (χ0v) is 31.7. The quantitative estimate of drug-likeness (QED) is 0.255. The number of anilines is 1. The largest absolute Gasteiger partial charge is 0.459 e. The van der Waals surface area contributed by atoms with Crippen molar-refractivity contribution in [1.82, 2.24) is 4.98 Å². The first-order valence-electron chi connectivity index (χ1n) is 19.2. The lowest BCUT2D eigenvalue weighted by Crippen LogP contribution is -2.68. The molecule has 0 saturated heterocycles. The van der Waals surface area contributed by atoms with Gasteiger partial charge in [-0.2, -0.15) is 0 Å². The first-order valence-corrected chi connectivity index (χ1v) is 19.2. The number of ether oxygens (including phenoxy) is 2. The summed E-state index contributed by atoms with van der Waals surface area (Å²) in [7, 11) is 0. The number of pyridine rings is 1. The van der Waals surface area contributed by atoms with Crippen LogP contribution in [0.5, 0.6) is 0 Å². The first-order chi connectivity index (χ1) is 23.5. The van der Waals surface area contributed by atoms with E-state index >= 15 is 0 Å². The molecular formula is C43H58N2O5. The third-order valence-corrected chi connectivity index (χ3v) is 15.8. The van der Waals surface area contributed by atoms with E-state index in [1.807, 2.05) is 30.3 Å². The topological polar surface area (TPSA) is 94.6 Å². The average molecular weight is 683 g/mol. The second-order valence-corrected chi connectivity index (χ2v) is 18.3. The lowest BCUT2D eigenvalue weighted by Gasteiger charge is -2.71. The van der Waals surface area contributed by atoms with Crippen molar-refractivity contribution in [2.24, 2.45) is 56.7 Å². The number of aromatic nitrogens is 1. The number of fused-ring (bicyclic) bond motifs is 8. The number of rotatable bonds is 4. The molecule has 1 N–H and O–H groups in total. The second-order valence-electron chi connectivity index (χ2n) is 18.3. The molecule has 11 atom stereocenters. The Morgan fingerprint density at radius 1 is 0.860 bits per heavy atom. The molecule has 270 valence electrons. The summed E-state index contributed by atoms with van der Waals surface area (Å²) in [6, 6.07) is 10.0. The highest BCUT2D eigenvalue weighted by molar-refractivity contribution is 6.03. The minimum absolute atomic E-state index is 0.00392. The number of hydrogen-bond donors (Lipinski definition) is 1. The van der Waals surface area contributed by atoms with Gasteiger partial charge < -0.3 is 14.8 Å². The maximum absolute atomic E-state index is 14.9. The molecule has 1 heterocycles. The molecule has 4 saturated carbocycles. The van der Waals surface area contributed by atoms with Crippen molar-refractivity contribution < 1.29 is 23.9 Å². The summed E-state index contributed by atoms with van der Waals surface area (Å²) in [5.74, 6) is 1.24. The van der Waals surface area contributed by atoms with Crippen molar-refractivity contribution in [3.05, 3.63) is 48.2 Å². The standard InChI is InChI=1S/C43H58N2O5/c1-25-17-20-43(38(48)45-31-14-10-12-29-13-11-23-44-36(29)31)22-21-41(8)30(35(43)26(25)2)15-16-34-40(7)24-32(49-27(3)46)37(50-28(4)47)39(5,6)33(40)18-19-42(34,41)9/h10-15,23,25-26,32-35,37H,16-22,24H2,1-9H3,(H,45,48)/t25-,26+,32+,33+,34-,35+,37+,40+,41-,42-,43+/m1/s1. The van der Waals surface area contributed by atoms with Crippen molar-refractivity contribution in [3.63, 3.8) is 0 Å². The molecule has 0 spiro atoms. The molecule has 50 heavy (non-hydrogen) atoms. The van der Waals surface area contributed by atoms with Gasteiger partial charge in [0.25, 0.3) is 0 Å². The van der Waals surface area contributed by atoms with Crippen LogP contribution in [0, 0.1) is 56.7 Å². The smallest absolute Gasteiger partial charge is 0.303 e. The van der Waals surface area contributed by atoms with E-state index in [0.717, 1.165) is 61.5 Å². The number of hydrogen-bond acceptors (Lipinski definition) is 6. The zero-order chi connectivity index (χ0) is 36.0. The molecule has 0 aliphatic heterocycles. The number of allylic oxidation sites excluding steroid dienone is 2. The van der Waals surface area contributed by atoms with E-state index < -0.39 is 17.6 Å². The van der Waals surface area contributed by atoms with Gasteiger partial charge in [-0.25, -0.2) is 0 Å². The minimum atomic E-state index is -0.487. The Kier molecular flexibility index (Phi) is 8.39. The molecule has 7 heteroatoms. The van der Waals surface area contributed by atoms with Crippen LogP contribution < -0.4 is 5.32 Å². The number of esters is 2. The third-order valence-electron chi connectivity index (χ3n) is 15.8. The van der Waals surface area contributed by atoms with E-state index in [4.69, 9.17) is 9.47 Å². The number of benzene rings is 1. The van der Waals surface area contributed by atoms with E-state index in [1.54, 1.807) is 6.20 Å². The normalized spacial score (nSPS) is 41.7. The highest BCUT2D eigenvalue weighted by atomic mass is 16.6. The lowest BCUT2D eigenvalue weighted by molar-refractivity contribution is -0.244. The Balaban J connectivity index is 1.28. The van der Waals surface area contributed by atoms with Crippen LogP contribution in [0.3, 0.4) is 0 Å². The van der Waals surface area contributed by atoms with Gasteiger partial charge in [0.1, 0.15) is 12.2 Å². The molecule has 0 bridgehead atoms. The second kappa shape index (κ2) is 11.9. The van der Waals surface area contributed by atoms with E-state index in [0.29, 0.717) is 30.1 Å². The summed E-state index contributed by atoms with van der Waals surface area (Å²) < 4.78 is 12.0. The van der Waals surface area contributed by atoms with Gasteiger partial charge in [0.15, 0.2) is 0 Å². The van der Waals surface area contributed by atoms with Gasteiger partial charge in [0.2, 0.25) is 5.91 Å². The molecule has 0 unspecified atom stereocenters. The van der Waals surface area contributed by atoms with Gasteiger partial charge in [-0.3, -0.25) is 19.4 Å². The molecule has 1 amide bonds. The molecule has 5 aliphatic carbocycles. The average Bonchev–Trinajstić information content (AvgIpc) is 3.04. The third kappa shape index (κ3) is 4.94. The highest BCUT2D eigenvalue weighted by Gasteiger charge is 2.71. The molecule has 7 nitrogen and oxygen atoms in total. The molecule has 1 aromatic carbocycles. The van der Waals surface area contributed by atoms with Crippen LogP contribution in [-0.2, 0) is 23.9 Å². The predicted octanol–water partition coefficient (Wildman–Crippen LogP) is 9.30. The van der Waals surface area contributed by atoms with Crippen LogP contribution >= 0.6 is 0 Å². The summed E-state index contributed by atoms with van der Waals surface area (Å²) in [4.78, 5) is 44.3. The maximum Gasteiger partial charge on any atom is 0.303 e. The maximum atomic E-state index is 14.9. The minimum Gasteiger partial charge on any atom is -0.459 e. The zero-order valence-electron chi connectivity index (χ0n) is 31.7. The Labute approximate surface area is 298 Å². The van der Waals surface area contributed by atoms with Crippen LogP contribution in [0.2, 0.25) is 0 Å². The fourth-order valence-corrected chi connectivity index (χ4v) is 13.1. The monoisotopic (exact) mass is 682 g/mol. The van der Waals surface area contributed by atoms with Gasteiger partial charge in [-0.15, -0.1) is 0 Å². The van der Waals surface area contributed by atoms with Crippen LogP contribution in [0.15, 0.2) is 48.2 Å². The number of carbonyl (C=O) groups is 3. The molecule has 2 aromatic rings. The number of amides is 1. The Hall–Kier alpha value is -3.22. The molecule has 1 aromatic heterocycles. The van der Waals surface area contributed by atoms with Crippen LogP contribution in [0.25, 0.3) is 10.9 Å². The summed E-state index contributed by atoms with van der Waals surface area (Å²) in [5.41, 5.74) is 2.11. The summed E-state index contributed by atoms with van der Waals surface area (Å²) in [6.07, 6.45) is 10.9. The number of nitrogens with zero attached hydrogens (tertiary/aromatic N) is 1. The fraction of sp³-hybridized carbons (Fsp3) is 0.674. The fourth-order valence-electron chi connectivity index (χ4n) is 13.1. The van der Waals surface area contributed by atoms with Gasteiger partial charge in [0.05, 0.1) is 16.6 Å². The van der Waals surface area contributed by atoms with Crippen molar-refractivity contribution in [1.29, 1.82) is 0 Å². The highest BCUT2D eigenvalue weighted by Crippen LogP contribution is 2.76. The lowest BCUT2D eigenvalue weighted by atomic mass is 9.33. The Morgan fingerprint density at radius 2 is 1.58 bits per heavy atom. The summed E-state index contributed by atoms with van der Waals surface area (Å²) >= 11 is 0. The van der Waals surface area contributed by atoms with E-state index in [1.165, 1.54) is 19.4 Å². The number of carbonyl (C=O) groups excluding carboxylic acids is 3. The summed E-state index contributed by atoms with van der Waals surface area (Å²) in [6.45, 7) is 19.6. The van der Waals surface area contributed by atoms with Crippen molar-refractivity contribution in [2.45, 2.75) is 126 Å². The first kappa shape index (κ1) is 35.2. The Morgan fingerprint density at radius 3 is 2.30 bits per heavy atom. The van der Waals surface area contributed by atoms with Crippen molar-refractivity contribution in [3.8, 4) is 0 Å². The van der Waals surface area contributed by atoms with E-state index in [9.17, 15) is 14.4 Å². The SMILES string of the molecule is CC(=O)O[C@H]1C[C@]2(C)[C@H]3CC=C4[C@@H]5[C@@H](C)[C@H](C)CC[C@]5(C(=O)Nc5cccc6cccnc56)CC[C@@]4(C)[C@]3(C)CC[C@H]2C(C)(C)[C@H]1OC(C)=O. The summed E-state index contributed by atoms with van der Waals surface area (Å²) in [5, 5.41) is 4.47. The van der Waals surface area contributed by atoms with Gasteiger partial charge in [-0.1, -0.05) is 78.3 Å². The number of para-hydroxylation sites is 1. The van der Waals surface area contributed by atoms with E-state index in [-0.39, 0.29) is 45.4 Å². The molecule has 7 rings (SSSR count). The van der Waals surface area contributed by atoms with Crippen molar-refractivity contribution in [2.75, 3.05) is 5.32 Å². The molecule has 4 fully saturated rings. The van der Waals surface area contributed by atoms with Gasteiger partial charge in [-0.05, 0) is 109 Å². The molecule has 0 radical (unpaired) electrons. The van der Waals surface area contributed by atoms with E-state index in [2.05, 4.69) is 64.8 Å². The number of nitrogens with one attached hydrogen (secondary N) is 1. The van der Waals surface area contributed by atoms with Crippen molar-refractivity contribution >= 4 is 34.4 Å². The van der Waals surface area contributed by atoms with Crippen LogP contribution in [0.4, 0.5) is 5.69 Å². The predicted molar refractivity (Wildman–Crippen MR) is 196 cm³/mol. The van der Waals surface area contributed by atoms with Gasteiger partial charge in [0, 0.05) is 30.8 Å². The molecular weight excluding hydrogens is 624 g/mol.